The van der Waals surface area contributed by atoms with Crippen LogP contribution in [0.15, 0.2) is 52.3 Å². The van der Waals surface area contributed by atoms with Gasteiger partial charge in [0.2, 0.25) is 5.76 Å². The quantitative estimate of drug-likeness (QED) is 0.486. The smallest absolute Gasteiger partial charge is 0.201 e. The number of hydrogen-bond acceptors (Lipinski definition) is 7. The number of aromatic nitrogens is 1. The molecule has 7 heteroatoms. The largest absolute Gasteiger partial charge is 0.497 e. The van der Waals surface area contributed by atoms with Crippen LogP contribution in [0, 0.1) is 0 Å². The Kier molecular flexibility index (Phi) is 7.31. The van der Waals surface area contributed by atoms with Crippen LogP contribution in [-0.4, -0.2) is 47.3 Å². The third kappa shape index (κ3) is 4.43. The molecule has 7 nitrogen and oxygen atoms in total. The van der Waals surface area contributed by atoms with Gasteiger partial charge in [-0.05, 0) is 31.2 Å². The zero-order valence-corrected chi connectivity index (χ0v) is 16.5. The molecule has 0 bridgehead atoms. The Balaban J connectivity index is 2.56. The Labute approximate surface area is 159 Å². The van der Waals surface area contributed by atoms with Gasteiger partial charge in [-0.2, -0.15) is 0 Å². The molecule has 2 rings (SSSR count). The van der Waals surface area contributed by atoms with E-state index >= 15 is 0 Å². The van der Waals surface area contributed by atoms with Crippen LogP contribution in [0.4, 0.5) is 0 Å². The van der Waals surface area contributed by atoms with Crippen molar-refractivity contribution in [2.24, 2.45) is 0 Å². The molecule has 146 valence electrons. The molecule has 0 aliphatic carbocycles. The number of nitrogens with zero attached hydrogens (tertiary/aromatic N) is 1. The van der Waals surface area contributed by atoms with E-state index < -0.39 is 0 Å². The van der Waals surface area contributed by atoms with Crippen LogP contribution in [-0.2, 0) is 18.9 Å². The first kappa shape index (κ1) is 20.4. The summed E-state index contributed by atoms with van der Waals surface area (Å²) in [5.74, 6) is 2.23. The highest BCUT2D eigenvalue weighted by Crippen LogP contribution is 2.33. The molecular formula is C20H25NO6. The van der Waals surface area contributed by atoms with Gasteiger partial charge in [-0.1, -0.05) is 5.16 Å². The first-order chi connectivity index (χ1) is 13.1. The Hall–Kier alpha value is -2.93. The van der Waals surface area contributed by atoms with Gasteiger partial charge in [-0.3, -0.25) is 0 Å². The number of benzene rings is 1. The van der Waals surface area contributed by atoms with Crippen LogP contribution in [0.1, 0.15) is 12.5 Å². The van der Waals surface area contributed by atoms with E-state index in [1.54, 1.807) is 41.8 Å². The number of allylic oxidation sites excluding steroid dienone is 1. The van der Waals surface area contributed by atoms with Crippen LogP contribution in [0.2, 0.25) is 0 Å². The summed E-state index contributed by atoms with van der Waals surface area (Å²) in [6.07, 6.45) is 1.57. The van der Waals surface area contributed by atoms with Crippen molar-refractivity contribution in [2.75, 3.05) is 42.2 Å². The van der Waals surface area contributed by atoms with Crippen molar-refractivity contribution < 1.29 is 28.2 Å². The number of ether oxygens (including phenoxy) is 5. The molecule has 2 aromatic rings. The summed E-state index contributed by atoms with van der Waals surface area (Å²) in [6.45, 7) is 2.15. The van der Waals surface area contributed by atoms with Gasteiger partial charge in [0.05, 0.1) is 28.4 Å². The van der Waals surface area contributed by atoms with Gasteiger partial charge < -0.3 is 28.2 Å². The Morgan fingerprint density at radius 2 is 1.59 bits per heavy atom. The third-order valence-electron chi connectivity index (χ3n) is 4.07. The van der Waals surface area contributed by atoms with E-state index in [0.717, 1.165) is 22.4 Å². The summed E-state index contributed by atoms with van der Waals surface area (Å²) in [5, 5.41) is 4.15. The first-order valence-corrected chi connectivity index (χ1v) is 8.25. The summed E-state index contributed by atoms with van der Waals surface area (Å²) in [7, 11) is 7.88. The van der Waals surface area contributed by atoms with Gasteiger partial charge in [0.15, 0.2) is 11.5 Å². The van der Waals surface area contributed by atoms with Crippen LogP contribution >= 0.6 is 0 Å². The minimum Gasteiger partial charge on any atom is -0.497 e. The molecule has 1 aromatic carbocycles. The lowest BCUT2D eigenvalue weighted by Crippen LogP contribution is -2.08. The van der Waals surface area contributed by atoms with E-state index in [1.165, 1.54) is 0 Å². The number of methoxy groups -OCH3 is 5. The molecule has 27 heavy (non-hydrogen) atoms. The third-order valence-corrected chi connectivity index (χ3v) is 4.07. The van der Waals surface area contributed by atoms with Crippen LogP contribution in [0.5, 0.6) is 5.75 Å². The van der Waals surface area contributed by atoms with Gasteiger partial charge in [-0.25, -0.2) is 0 Å². The SMILES string of the molecule is COC/C(OC)=C(OC)\C(OC)=C(/C)c1conc1-c1ccc(OC)cc1. The van der Waals surface area contributed by atoms with Crippen molar-refractivity contribution in [3.63, 3.8) is 0 Å². The molecule has 0 saturated carbocycles. The van der Waals surface area contributed by atoms with Crippen molar-refractivity contribution in [1.29, 1.82) is 0 Å². The summed E-state index contributed by atoms with van der Waals surface area (Å²) in [6, 6.07) is 7.56. The van der Waals surface area contributed by atoms with E-state index in [4.69, 9.17) is 28.2 Å². The van der Waals surface area contributed by atoms with Crippen molar-refractivity contribution >= 4 is 5.57 Å². The maximum atomic E-state index is 5.62. The molecular weight excluding hydrogens is 350 g/mol. The predicted molar refractivity (Wildman–Crippen MR) is 101 cm³/mol. The molecule has 0 unspecified atom stereocenters. The average molecular weight is 375 g/mol. The molecule has 1 heterocycles. The second-order valence-corrected chi connectivity index (χ2v) is 5.56. The highest BCUT2D eigenvalue weighted by Gasteiger charge is 2.22. The van der Waals surface area contributed by atoms with Gasteiger partial charge >= 0.3 is 0 Å². The highest BCUT2D eigenvalue weighted by molar-refractivity contribution is 5.79. The summed E-state index contributed by atoms with van der Waals surface area (Å²) in [4.78, 5) is 0. The maximum absolute atomic E-state index is 5.62. The van der Waals surface area contributed by atoms with Crippen molar-refractivity contribution in [3.05, 3.63) is 53.4 Å². The first-order valence-electron chi connectivity index (χ1n) is 8.25. The lowest BCUT2D eigenvalue weighted by molar-refractivity contribution is 0.130. The molecule has 0 aliphatic heterocycles. The minimum absolute atomic E-state index is 0.245. The maximum Gasteiger partial charge on any atom is 0.201 e. The summed E-state index contributed by atoms with van der Waals surface area (Å²) in [5.41, 5.74) is 3.14. The van der Waals surface area contributed by atoms with Crippen molar-refractivity contribution in [3.8, 4) is 17.0 Å². The Morgan fingerprint density at radius 1 is 0.926 bits per heavy atom. The fourth-order valence-electron chi connectivity index (χ4n) is 2.68. The fourth-order valence-corrected chi connectivity index (χ4v) is 2.68. The topological polar surface area (TPSA) is 72.2 Å². The zero-order valence-electron chi connectivity index (χ0n) is 16.5. The lowest BCUT2D eigenvalue weighted by atomic mass is 10.0. The Morgan fingerprint density at radius 3 is 2.11 bits per heavy atom. The average Bonchev–Trinajstić information content (AvgIpc) is 3.20. The second kappa shape index (κ2) is 9.68. The zero-order chi connectivity index (χ0) is 19.8. The van der Waals surface area contributed by atoms with Crippen LogP contribution in [0.3, 0.4) is 0 Å². The van der Waals surface area contributed by atoms with Gasteiger partial charge in [0, 0.05) is 23.8 Å². The van der Waals surface area contributed by atoms with E-state index in [2.05, 4.69) is 5.16 Å². The normalized spacial score (nSPS) is 12.8. The highest BCUT2D eigenvalue weighted by atomic mass is 16.5. The van der Waals surface area contributed by atoms with E-state index in [1.807, 2.05) is 31.2 Å². The van der Waals surface area contributed by atoms with Crippen LogP contribution < -0.4 is 4.74 Å². The van der Waals surface area contributed by atoms with Gasteiger partial charge in [0.25, 0.3) is 0 Å². The second-order valence-electron chi connectivity index (χ2n) is 5.56. The molecule has 0 atom stereocenters. The van der Waals surface area contributed by atoms with Crippen molar-refractivity contribution in [1.82, 2.24) is 5.16 Å². The molecule has 0 radical (unpaired) electrons. The van der Waals surface area contributed by atoms with E-state index in [9.17, 15) is 0 Å². The molecule has 0 saturated heterocycles. The lowest BCUT2D eigenvalue weighted by Gasteiger charge is -2.17. The standard InChI is InChI=1S/C20H25NO6/c1-13(19(25-5)20(26-6)17(24-4)12-22-2)16-11-27-21-18(16)14-7-9-15(23-3)10-8-14/h7-11H,12H2,1-6H3/b19-13-,20-17-. The van der Waals surface area contributed by atoms with Crippen LogP contribution in [0.25, 0.3) is 16.8 Å². The molecule has 0 aliphatic rings. The van der Waals surface area contributed by atoms with E-state index in [-0.39, 0.29) is 6.61 Å². The predicted octanol–water partition coefficient (Wildman–Crippen LogP) is 3.88. The number of rotatable bonds is 9. The minimum atomic E-state index is 0.245. The van der Waals surface area contributed by atoms with E-state index in [0.29, 0.717) is 23.0 Å². The molecule has 0 N–H and O–H groups in total. The Bertz CT molecular complexity index is 804. The number of hydrogen-bond donors (Lipinski definition) is 0. The summed E-state index contributed by atoms with van der Waals surface area (Å²) >= 11 is 0. The van der Waals surface area contributed by atoms with Gasteiger partial charge in [-0.15, -0.1) is 0 Å². The molecule has 0 spiro atoms. The summed E-state index contributed by atoms with van der Waals surface area (Å²) < 4.78 is 32.2. The van der Waals surface area contributed by atoms with Crippen molar-refractivity contribution in [2.45, 2.75) is 6.92 Å². The molecule has 0 fully saturated rings. The molecule has 0 amide bonds. The molecule has 1 aromatic heterocycles. The monoisotopic (exact) mass is 375 g/mol. The van der Waals surface area contributed by atoms with Gasteiger partial charge in [0.1, 0.15) is 24.3 Å². The fraction of sp³-hybridized carbons (Fsp3) is 0.350.